The van der Waals surface area contributed by atoms with Crippen molar-refractivity contribution in [1.29, 1.82) is 0 Å². The molecule has 0 bridgehead atoms. The third-order valence-electron chi connectivity index (χ3n) is 2.96. The standard InChI is InChI=1S/C15H17BrN2/c1-12(14-3-2-4-15(16)11-14)18-10-7-13-5-8-17-9-6-13/h2-6,8-9,11-12,18H,7,10H2,1H3/t12-/m1/s1. The SMILES string of the molecule is C[C@@H](NCCc1ccncc1)c1cccc(Br)c1. The van der Waals surface area contributed by atoms with Gasteiger partial charge in [-0.1, -0.05) is 28.1 Å². The van der Waals surface area contributed by atoms with Crippen molar-refractivity contribution in [3.63, 3.8) is 0 Å². The van der Waals surface area contributed by atoms with Crippen molar-refractivity contribution in [3.8, 4) is 0 Å². The van der Waals surface area contributed by atoms with Crippen LogP contribution in [0.4, 0.5) is 0 Å². The van der Waals surface area contributed by atoms with Crippen molar-refractivity contribution in [3.05, 3.63) is 64.4 Å². The molecule has 1 N–H and O–H groups in total. The Morgan fingerprint density at radius 3 is 2.72 bits per heavy atom. The van der Waals surface area contributed by atoms with Gasteiger partial charge in [-0.05, 0) is 55.3 Å². The van der Waals surface area contributed by atoms with Gasteiger partial charge in [0.2, 0.25) is 0 Å². The minimum absolute atomic E-state index is 0.365. The van der Waals surface area contributed by atoms with Crippen molar-refractivity contribution in [2.45, 2.75) is 19.4 Å². The summed E-state index contributed by atoms with van der Waals surface area (Å²) in [7, 11) is 0. The number of hydrogen-bond acceptors (Lipinski definition) is 2. The largest absolute Gasteiger partial charge is 0.310 e. The van der Waals surface area contributed by atoms with E-state index in [4.69, 9.17) is 0 Å². The lowest BCUT2D eigenvalue weighted by molar-refractivity contribution is 0.576. The van der Waals surface area contributed by atoms with Crippen molar-refractivity contribution in [2.24, 2.45) is 0 Å². The molecule has 2 rings (SSSR count). The van der Waals surface area contributed by atoms with Gasteiger partial charge in [-0.3, -0.25) is 4.98 Å². The molecule has 0 aliphatic carbocycles. The topological polar surface area (TPSA) is 24.9 Å². The van der Waals surface area contributed by atoms with Gasteiger partial charge < -0.3 is 5.32 Å². The van der Waals surface area contributed by atoms with Gasteiger partial charge in [0.05, 0.1) is 0 Å². The lowest BCUT2D eigenvalue weighted by Crippen LogP contribution is -2.21. The molecule has 1 heterocycles. The van der Waals surface area contributed by atoms with E-state index >= 15 is 0 Å². The second-order valence-electron chi connectivity index (χ2n) is 4.34. The second-order valence-corrected chi connectivity index (χ2v) is 5.25. The van der Waals surface area contributed by atoms with Crippen molar-refractivity contribution < 1.29 is 0 Å². The fourth-order valence-electron chi connectivity index (χ4n) is 1.88. The highest BCUT2D eigenvalue weighted by Crippen LogP contribution is 2.17. The molecule has 0 aliphatic heterocycles. The van der Waals surface area contributed by atoms with E-state index in [2.05, 4.69) is 63.5 Å². The Morgan fingerprint density at radius 1 is 1.22 bits per heavy atom. The summed E-state index contributed by atoms with van der Waals surface area (Å²) in [5, 5.41) is 3.53. The first kappa shape index (κ1) is 13.2. The number of pyridine rings is 1. The molecule has 1 aromatic carbocycles. The number of nitrogens with one attached hydrogen (secondary N) is 1. The maximum atomic E-state index is 4.02. The lowest BCUT2D eigenvalue weighted by atomic mass is 10.1. The van der Waals surface area contributed by atoms with Crippen molar-refractivity contribution in [2.75, 3.05) is 6.54 Å². The van der Waals surface area contributed by atoms with Crippen LogP contribution in [-0.4, -0.2) is 11.5 Å². The van der Waals surface area contributed by atoms with E-state index in [1.54, 1.807) is 0 Å². The molecule has 3 heteroatoms. The molecule has 0 unspecified atom stereocenters. The Labute approximate surface area is 117 Å². The summed E-state index contributed by atoms with van der Waals surface area (Å²) in [5.41, 5.74) is 2.62. The summed E-state index contributed by atoms with van der Waals surface area (Å²) < 4.78 is 1.13. The average Bonchev–Trinajstić information content (AvgIpc) is 2.40. The van der Waals surface area contributed by atoms with Crippen LogP contribution in [0, 0.1) is 0 Å². The van der Waals surface area contributed by atoms with Crippen LogP contribution in [0.25, 0.3) is 0 Å². The maximum absolute atomic E-state index is 4.02. The predicted molar refractivity (Wildman–Crippen MR) is 78.5 cm³/mol. The van der Waals surface area contributed by atoms with Gasteiger partial charge in [0.1, 0.15) is 0 Å². The molecule has 0 aliphatic rings. The molecule has 2 nitrogen and oxygen atoms in total. The van der Waals surface area contributed by atoms with Gasteiger partial charge >= 0.3 is 0 Å². The molecule has 0 fully saturated rings. The zero-order chi connectivity index (χ0) is 12.8. The highest BCUT2D eigenvalue weighted by molar-refractivity contribution is 9.10. The Bertz CT molecular complexity index is 485. The van der Waals surface area contributed by atoms with Crippen LogP contribution < -0.4 is 5.32 Å². The Kier molecular flexibility index (Phi) is 4.90. The Balaban J connectivity index is 1.83. The zero-order valence-corrected chi connectivity index (χ0v) is 12.0. The van der Waals surface area contributed by atoms with Crippen LogP contribution in [0.3, 0.4) is 0 Å². The normalized spacial score (nSPS) is 12.3. The minimum atomic E-state index is 0.365. The summed E-state index contributed by atoms with van der Waals surface area (Å²) in [5.74, 6) is 0. The van der Waals surface area contributed by atoms with Crippen LogP contribution in [0.2, 0.25) is 0 Å². The molecule has 18 heavy (non-hydrogen) atoms. The van der Waals surface area contributed by atoms with Crippen molar-refractivity contribution >= 4 is 15.9 Å². The fourth-order valence-corrected chi connectivity index (χ4v) is 2.29. The first-order valence-electron chi connectivity index (χ1n) is 6.13. The molecular weight excluding hydrogens is 288 g/mol. The number of benzene rings is 1. The fraction of sp³-hybridized carbons (Fsp3) is 0.267. The smallest absolute Gasteiger partial charge is 0.0292 e. The molecule has 1 aromatic heterocycles. The Morgan fingerprint density at radius 2 is 2.00 bits per heavy atom. The van der Waals surface area contributed by atoms with Gasteiger partial charge in [0.25, 0.3) is 0 Å². The number of rotatable bonds is 5. The number of halogens is 1. The first-order chi connectivity index (χ1) is 8.75. The van der Waals surface area contributed by atoms with E-state index in [1.165, 1.54) is 11.1 Å². The second kappa shape index (κ2) is 6.66. The van der Waals surface area contributed by atoms with Crippen LogP contribution in [-0.2, 0) is 6.42 Å². The van der Waals surface area contributed by atoms with Gasteiger partial charge in [-0.25, -0.2) is 0 Å². The summed E-state index contributed by atoms with van der Waals surface area (Å²) in [6.07, 6.45) is 4.71. The third kappa shape index (κ3) is 3.93. The first-order valence-corrected chi connectivity index (χ1v) is 6.93. The third-order valence-corrected chi connectivity index (χ3v) is 3.46. The minimum Gasteiger partial charge on any atom is -0.310 e. The molecule has 0 saturated heterocycles. The van der Waals surface area contributed by atoms with Gasteiger partial charge in [0.15, 0.2) is 0 Å². The average molecular weight is 305 g/mol. The number of nitrogens with zero attached hydrogens (tertiary/aromatic N) is 1. The maximum Gasteiger partial charge on any atom is 0.0292 e. The van der Waals surface area contributed by atoms with Crippen LogP contribution >= 0.6 is 15.9 Å². The summed E-state index contributed by atoms with van der Waals surface area (Å²) in [6, 6.07) is 12.9. The predicted octanol–water partition coefficient (Wildman–Crippen LogP) is 3.74. The number of aromatic nitrogens is 1. The van der Waals surface area contributed by atoms with E-state index in [9.17, 15) is 0 Å². The number of hydrogen-bond donors (Lipinski definition) is 1. The van der Waals surface area contributed by atoms with E-state index in [0.717, 1.165) is 17.4 Å². The molecule has 0 amide bonds. The summed E-state index contributed by atoms with van der Waals surface area (Å²) in [6.45, 7) is 3.16. The molecule has 0 spiro atoms. The molecule has 1 atom stereocenters. The van der Waals surface area contributed by atoms with E-state index in [1.807, 2.05) is 18.5 Å². The van der Waals surface area contributed by atoms with Crippen LogP contribution in [0.5, 0.6) is 0 Å². The van der Waals surface area contributed by atoms with E-state index < -0.39 is 0 Å². The monoisotopic (exact) mass is 304 g/mol. The van der Waals surface area contributed by atoms with Gasteiger partial charge in [-0.15, -0.1) is 0 Å². The molecule has 0 saturated carbocycles. The van der Waals surface area contributed by atoms with Gasteiger partial charge in [0, 0.05) is 22.9 Å². The highest BCUT2D eigenvalue weighted by Gasteiger charge is 2.04. The molecule has 0 radical (unpaired) electrons. The highest BCUT2D eigenvalue weighted by atomic mass is 79.9. The summed E-state index contributed by atoms with van der Waals surface area (Å²) in [4.78, 5) is 4.02. The van der Waals surface area contributed by atoms with Crippen LogP contribution in [0.1, 0.15) is 24.1 Å². The van der Waals surface area contributed by atoms with E-state index in [0.29, 0.717) is 6.04 Å². The zero-order valence-electron chi connectivity index (χ0n) is 10.4. The molecule has 2 aromatic rings. The lowest BCUT2D eigenvalue weighted by Gasteiger charge is -2.14. The molecular formula is C15H17BrN2. The van der Waals surface area contributed by atoms with Crippen molar-refractivity contribution in [1.82, 2.24) is 10.3 Å². The summed E-state index contributed by atoms with van der Waals surface area (Å²) >= 11 is 3.50. The Hall–Kier alpha value is -1.19. The van der Waals surface area contributed by atoms with Crippen LogP contribution in [0.15, 0.2) is 53.3 Å². The molecule has 94 valence electrons. The van der Waals surface area contributed by atoms with Gasteiger partial charge in [-0.2, -0.15) is 0 Å². The quantitative estimate of drug-likeness (QED) is 0.910. The van der Waals surface area contributed by atoms with E-state index in [-0.39, 0.29) is 0 Å².